The molecule has 2 unspecified atom stereocenters. The Hall–Kier alpha value is -2.79. The van der Waals surface area contributed by atoms with Gasteiger partial charge < -0.3 is 25.4 Å². The number of benzene rings is 1. The van der Waals surface area contributed by atoms with Gasteiger partial charge in [-0.05, 0) is 49.7 Å². The van der Waals surface area contributed by atoms with Crippen LogP contribution in [-0.4, -0.2) is 70.5 Å². The number of rotatable bonds is 7. The molecule has 5 rings (SSSR count). The van der Waals surface area contributed by atoms with Gasteiger partial charge in [0.15, 0.2) is 0 Å². The maximum Gasteiger partial charge on any atom is 0.235 e. The Kier molecular flexibility index (Phi) is 7.14. The van der Waals surface area contributed by atoms with E-state index in [9.17, 15) is 14.3 Å². The second-order valence-electron chi connectivity index (χ2n) is 8.85. The summed E-state index contributed by atoms with van der Waals surface area (Å²) in [5.41, 5.74) is 2.17. The number of hydrogen-bond donors (Lipinski definition) is 3. The lowest BCUT2D eigenvalue weighted by atomic mass is 10.00. The second kappa shape index (κ2) is 10.4. The molecule has 0 bridgehead atoms. The number of pyridine rings is 2. The van der Waals surface area contributed by atoms with Gasteiger partial charge in [0.2, 0.25) is 5.91 Å². The Bertz CT molecular complexity index is 1240. The van der Waals surface area contributed by atoms with Gasteiger partial charge in [-0.25, -0.2) is 9.37 Å². The molecule has 0 radical (unpaired) electrons. The van der Waals surface area contributed by atoms with Crippen molar-refractivity contribution >= 4 is 34.4 Å². The number of nitrogens with zero attached hydrogens (tertiary/aromatic N) is 3. The molecule has 2 aliphatic heterocycles. The van der Waals surface area contributed by atoms with Crippen molar-refractivity contribution in [1.82, 2.24) is 20.2 Å². The molecule has 0 aliphatic carbocycles. The van der Waals surface area contributed by atoms with E-state index in [1.54, 1.807) is 7.11 Å². The quantitative estimate of drug-likeness (QED) is 0.458. The Morgan fingerprint density at radius 3 is 3.06 bits per heavy atom. The molecular weight excluding hydrogens is 469 g/mol. The number of carbonyl (C=O) groups excluding carboxylic acids is 1. The van der Waals surface area contributed by atoms with Gasteiger partial charge in [-0.2, -0.15) is 0 Å². The molecule has 1 fully saturated rings. The highest BCUT2D eigenvalue weighted by molar-refractivity contribution is 8.00. The lowest BCUT2D eigenvalue weighted by Gasteiger charge is -2.36. The van der Waals surface area contributed by atoms with Crippen LogP contribution in [-0.2, 0) is 17.8 Å². The molecule has 1 saturated heterocycles. The number of amides is 1. The van der Waals surface area contributed by atoms with Gasteiger partial charge in [0.25, 0.3) is 0 Å². The van der Waals surface area contributed by atoms with Crippen LogP contribution in [0.15, 0.2) is 41.4 Å². The fourth-order valence-corrected chi connectivity index (χ4v) is 5.39. The van der Waals surface area contributed by atoms with E-state index in [4.69, 9.17) is 4.74 Å². The summed E-state index contributed by atoms with van der Waals surface area (Å²) in [4.78, 5) is 23.5. The highest BCUT2D eigenvalue weighted by Gasteiger charge is 2.27. The maximum absolute atomic E-state index is 14.6. The van der Waals surface area contributed by atoms with Gasteiger partial charge in [-0.1, -0.05) is 0 Å². The third-order valence-corrected chi connectivity index (χ3v) is 7.60. The lowest BCUT2D eigenvalue weighted by molar-refractivity contribution is -0.113. The van der Waals surface area contributed by atoms with Crippen LogP contribution in [0.2, 0.25) is 0 Å². The Morgan fingerprint density at radius 1 is 1.34 bits per heavy atom. The molecule has 1 amide bonds. The monoisotopic (exact) mass is 497 g/mol. The van der Waals surface area contributed by atoms with E-state index >= 15 is 0 Å². The summed E-state index contributed by atoms with van der Waals surface area (Å²) in [5.74, 6) is 1.32. The number of β-amino-alcohol motifs (C(OH)–C–C–N with tert-alkyl or cyclic N) is 1. The van der Waals surface area contributed by atoms with Crippen molar-refractivity contribution in [3.63, 3.8) is 0 Å². The van der Waals surface area contributed by atoms with E-state index in [0.717, 1.165) is 34.5 Å². The first-order chi connectivity index (χ1) is 17.0. The van der Waals surface area contributed by atoms with E-state index in [1.807, 2.05) is 30.3 Å². The summed E-state index contributed by atoms with van der Waals surface area (Å²) >= 11 is 1.48. The highest BCUT2D eigenvalue weighted by Crippen LogP contribution is 2.30. The molecule has 3 aromatic rings. The van der Waals surface area contributed by atoms with Crippen molar-refractivity contribution in [2.24, 2.45) is 0 Å². The summed E-state index contributed by atoms with van der Waals surface area (Å²) < 4.78 is 19.9. The molecule has 184 valence electrons. The zero-order valence-electron chi connectivity index (χ0n) is 19.5. The maximum atomic E-state index is 14.6. The van der Waals surface area contributed by atoms with Gasteiger partial charge in [0.05, 0.1) is 41.3 Å². The van der Waals surface area contributed by atoms with Crippen molar-refractivity contribution < 1.29 is 19.0 Å². The van der Waals surface area contributed by atoms with E-state index in [-0.39, 0.29) is 17.8 Å². The number of fused-ring (bicyclic) bond motifs is 2. The first-order valence-electron chi connectivity index (χ1n) is 11.7. The number of piperidine rings is 1. The van der Waals surface area contributed by atoms with Crippen LogP contribution in [0.3, 0.4) is 0 Å². The number of likely N-dealkylation sites (tertiary alicyclic amines) is 1. The number of anilines is 1. The van der Waals surface area contributed by atoms with Crippen molar-refractivity contribution in [2.75, 3.05) is 37.8 Å². The van der Waals surface area contributed by atoms with E-state index in [2.05, 4.69) is 25.5 Å². The third kappa shape index (κ3) is 5.40. The largest absolute Gasteiger partial charge is 0.497 e. The molecule has 2 aromatic heterocycles. The van der Waals surface area contributed by atoms with E-state index < -0.39 is 6.10 Å². The van der Waals surface area contributed by atoms with E-state index in [1.165, 1.54) is 18.0 Å². The molecular formula is C25H28FN5O3S. The Balaban J connectivity index is 1.16. The molecule has 35 heavy (non-hydrogen) atoms. The van der Waals surface area contributed by atoms with Crippen LogP contribution in [0.5, 0.6) is 5.75 Å². The molecule has 3 N–H and O–H groups in total. The average Bonchev–Trinajstić information content (AvgIpc) is 2.87. The van der Waals surface area contributed by atoms with Gasteiger partial charge in [-0.3, -0.25) is 9.78 Å². The topological polar surface area (TPSA) is 99.6 Å². The first kappa shape index (κ1) is 23.9. The van der Waals surface area contributed by atoms with Crippen LogP contribution in [0.1, 0.15) is 17.7 Å². The predicted molar refractivity (Wildman–Crippen MR) is 133 cm³/mol. The van der Waals surface area contributed by atoms with Crippen LogP contribution >= 0.6 is 11.8 Å². The average molecular weight is 498 g/mol. The zero-order chi connectivity index (χ0) is 24.4. The number of nitrogens with one attached hydrogen (secondary N) is 2. The number of hydrogen-bond acceptors (Lipinski definition) is 8. The molecule has 10 heteroatoms. The van der Waals surface area contributed by atoms with Crippen molar-refractivity contribution in [1.29, 1.82) is 0 Å². The Morgan fingerprint density at radius 2 is 2.23 bits per heavy atom. The Labute approximate surface area is 207 Å². The molecule has 0 spiro atoms. The minimum atomic E-state index is -0.546. The summed E-state index contributed by atoms with van der Waals surface area (Å²) in [6.45, 7) is 2.45. The van der Waals surface area contributed by atoms with Gasteiger partial charge in [-0.15, -0.1) is 11.8 Å². The summed E-state index contributed by atoms with van der Waals surface area (Å²) in [6.07, 6.45) is 2.02. The number of methoxy groups -OCH3 is 1. The number of thioether (sulfide) groups is 1. The summed E-state index contributed by atoms with van der Waals surface area (Å²) in [5, 5.41) is 17.7. The lowest BCUT2D eigenvalue weighted by Crippen LogP contribution is -2.52. The molecule has 2 atom stereocenters. The van der Waals surface area contributed by atoms with Crippen molar-refractivity contribution in [3.05, 3.63) is 53.6 Å². The van der Waals surface area contributed by atoms with Crippen LogP contribution in [0.25, 0.3) is 10.9 Å². The smallest absolute Gasteiger partial charge is 0.235 e. The summed E-state index contributed by atoms with van der Waals surface area (Å²) in [6, 6.07) is 9.34. The molecule has 2 aliphatic rings. The van der Waals surface area contributed by atoms with E-state index in [0.29, 0.717) is 48.9 Å². The molecule has 8 nitrogen and oxygen atoms in total. The number of carbonyl (C=O) groups is 1. The highest BCUT2D eigenvalue weighted by atomic mass is 32.2. The number of ether oxygens (including phenoxy) is 1. The van der Waals surface area contributed by atoms with Gasteiger partial charge >= 0.3 is 0 Å². The fraction of sp³-hybridized carbons (Fsp3) is 0.400. The standard InChI is InChI=1S/C25H28FN5O3S/c1-34-16-3-4-20-18(10-16)17(19(26)12-28-20)6-8-31-9-7-21(22(32)13-31)27-11-15-2-5-23-25(29-15)30-24(33)14-35-23/h2-5,10,12,21-22,27,32H,6-9,11,13-14H2,1H3,(H,29,30,33). The number of aromatic nitrogens is 2. The fourth-order valence-electron chi connectivity index (χ4n) is 4.63. The number of halogens is 1. The van der Waals surface area contributed by atoms with Crippen molar-refractivity contribution in [2.45, 2.75) is 36.4 Å². The van der Waals surface area contributed by atoms with Gasteiger partial charge in [0, 0.05) is 36.6 Å². The van der Waals surface area contributed by atoms with Crippen molar-refractivity contribution in [3.8, 4) is 5.75 Å². The number of aliphatic hydroxyl groups excluding tert-OH is 1. The first-order valence-corrected chi connectivity index (χ1v) is 12.7. The number of aliphatic hydroxyl groups is 1. The molecule has 1 aromatic carbocycles. The van der Waals surface area contributed by atoms with Crippen LogP contribution in [0, 0.1) is 5.82 Å². The van der Waals surface area contributed by atoms with Crippen LogP contribution in [0.4, 0.5) is 10.2 Å². The normalized spacial score (nSPS) is 20.5. The minimum Gasteiger partial charge on any atom is -0.497 e. The molecule has 0 saturated carbocycles. The third-order valence-electron chi connectivity index (χ3n) is 6.56. The predicted octanol–water partition coefficient (Wildman–Crippen LogP) is 2.59. The zero-order valence-corrected chi connectivity index (χ0v) is 20.3. The van der Waals surface area contributed by atoms with Gasteiger partial charge in [0.1, 0.15) is 17.4 Å². The van der Waals surface area contributed by atoms with Crippen LogP contribution < -0.4 is 15.4 Å². The SMILES string of the molecule is COc1ccc2ncc(F)c(CCN3CCC(NCc4ccc5c(n4)NC(=O)CS5)C(O)C3)c2c1. The minimum absolute atomic E-state index is 0.0401. The summed E-state index contributed by atoms with van der Waals surface area (Å²) in [7, 11) is 1.59. The molecule has 4 heterocycles. The second-order valence-corrected chi connectivity index (χ2v) is 9.87.